The number of hydrogen-bond acceptors (Lipinski definition) is 4. The lowest BCUT2D eigenvalue weighted by Crippen LogP contribution is -2.11. The van der Waals surface area contributed by atoms with Crippen molar-refractivity contribution >= 4 is 31.9 Å². The molecule has 148 valence electrons. The zero-order valence-corrected chi connectivity index (χ0v) is 16.9. The second kappa shape index (κ2) is 6.71. The van der Waals surface area contributed by atoms with Gasteiger partial charge in [-0.1, -0.05) is 54.1 Å². The minimum absolute atomic E-state index is 0.206. The van der Waals surface area contributed by atoms with Crippen molar-refractivity contribution in [3.8, 4) is 11.1 Å². The Labute approximate surface area is 172 Å². The lowest BCUT2D eigenvalue weighted by Gasteiger charge is -2.07. The first-order valence-corrected chi connectivity index (χ1v) is 10.8. The van der Waals surface area contributed by atoms with E-state index in [0.29, 0.717) is 22.2 Å². The molecule has 0 aliphatic heterocycles. The number of hydrogen-bond donors (Lipinski definition) is 0. The average molecular weight is 415 g/mol. The van der Waals surface area contributed by atoms with Gasteiger partial charge in [-0.15, -0.1) is 0 Å². The summed E-state index contributed by atoms with van der Waals surface area (Å²) in [5.74, 6) is 0. The standard InChI is InChI=1S/C24H17NO4S/c1-16-10-12-17(13-11-16)30(27,28)25-15-21(18-6-2-4-8-22(18)25)20-14-24(26)29-23-9-5-3-7-19(20)23/h2-15H,1H3. The van der Waals surface area contributed by atoms with E-state index in [4.69, 9.17) is 4.42 Å². The van der Waals surface area contributed by atoms with E-state index in [9.17, 15) is 13.2 Å². The van der Waals surface area contributed by atoms with Crippen LogP contribution in [0.3, 0.4) is 0 Å². The van der Waals surface area contributed by atoms with Crippen molar-refractivity contribution < 1.29 is 12.8 Å². The van der Waals surface area contributed by atoms with Crippen molar-refractivity contribution in [2.75, 3.05) is 0 Å². The van der Waals surface area contributed by atoms with Gasteiger partial charge in [0.15, 0.2) is 0 Å². The third kappa shape index (κ3) is 2.84. The SMILES string of the molecule is Cc1ccc(S(=O)(=O)n2cc(-c3cc(=O)oc4ccccc34)c3ccccc32)cc1. The molecule has 2 heterocycles. The molecule has 5 aromatic rings. The van der Waals surface area contributed by atoms with E-state index in [2.05, 4.69) is 0 Å². The van der Waals surface area contributed by atoms with Gasteiger partial charge in [0.2, 0.25) is 0 Å². The topological polar surface area (TPSA) is 69.3 Å². The molecule has 0 aliphatic carbocycles. The highest BCUT2D eigenvalue weighted by molar-refractivity contribution is 7.90. The van der Waals surface area contributed by atoms with Crippen LogP contribution in [0.5, 0.6) is 0 Å². The van der Waals surface area contributed by atoms with Crippen LogP contribution >= 0.6 is 0 Å². The summed E-state index contributed by atoms with van der Waals surface area (Å²) >= 11 is 0. The fourth-order valence-corrected chi connectivity index (χ4v) is 5.09. The van der Waals surface area contributed by atoms with E-state index in [1.54, 1.807) is 54.7 Å². The van der Waals surface area contributed by atoms with E-state index >= 15 is 0 Å². The molecule has 5 nitrogen and oxygen atoms in total. The van der Waals surface area contributed by atoms with Crippen molar-refractivity contribution in [3.05, 3.63) is 101 Å². The van der Waals surface area contributed by atoms with Gasteiger partial charge in [0.05, 0.1) is 10.4 Å². The molecule has 5 rings (SSSR count). The predicted octanol–water partition coefficient (Wildman–Crippen LogP) is 4.96. The van der Waals surface area contributed by atoms with E-state index in [1.165, 1.54) is 10.0 Å². The van der Waals surface area contributed by atoms with Gasteiger partial charge < -0.3 is 4.42 Å². The van der Waals surface area contributed by atoms with E-state index in [-0.39, 0.29) is 4.90 Å². The van der Waals surface area contributed by atoms with Crippen LogP contribution in [0.2, 0.25) is 0 Å². The number of aromatic nitrogens is 1. The summed E-state index contributed by atoms with van der Waals surface area (Å²) in [5.41, 5.74) is 2.79. The number of fused-ring (bicyclic) bond motifs is 2. The maximum absolute atomic E-state index is 13.4. The molecular weight excluding hydrogens is 398 g/mol. The molecule has 0 saturated heterocycles. The maximum Gasteiger partial charge on any atom is 0.336 e. The fourth-order valence-electron chi connectivity index (χ4n) is 3.72. The Morgan fingerprint density at radius 1 is 0.800 bits per heavy atom. The zero-order valence-electron chi connectivity index (χ0n) is 16.1. The molecule has 6 heteroatoms. The largest absolute Gasteiger partial charge is 0.423 e. The lowest BCUT2D eigenvalue weighted by atomic mass is 10.0. The smallest absolute Gasteiger partial charge is 0.336 e. The first-order chi connectivity index (χ1) is 14.4. The second-order valence-electron chi connectivity index (χ2n) is 7.15. The highest BCUT2D eigenvalue weighted by Gasteiger charge is 2.22. The van der Waals surface area contributed by atoms with Crippen LogP contribution in [0.1, 0.15) is 5.56 Å². The van der Waals surface area contributed by atoms with Gasteiger partial charge in [-0.25, -0.2) is 17.2 Å². The van der Waals surface area contributed by atoms with Gasteiger partial charge in [-0.3, -0.25) is 0 Å². The monoisotopic (exact) mass is 415 g/mol. The second-order valence-corrected chi connectivity index (χ2v) is 8.96. The molecular formula is C24H17NO4S. The molecule has 0 amide bonds. The average Bonchev–Trinajstić information content (AvgIpc) is 3.14. The Morgan fingerprint density at radius 3 is 2.23 bits per heavy atom. The van der Waals surface area contributed by atoms with Crippen LogP contribution in [0, 0.1) is 6.92 Å². The van der Waals surface area contributed by atoms with Crippen LogP contribution in [0.4, 0.5) is 0 Å². The van der Waals surface area contributed by atoms with Gasteiger partial charge in [0.25, 0.3) is 10.0 Å². The Hall–Kier alpha value is -3.64. The summed E-state index contributed by atoms with van der Waals surface area (Å²) < 4.78 is 33.4. The van der Waals surface area contributed by atoms with Gasteiger partial charge in [-0.05, 0) is 31.2 Å². The highest BCUT2D eigenvalue weighted by atomic mass is 32.2. The minimum atomic E-state index is -3.82. The first-order valence-electron chi connectivity index (χ1n) is 9.41. The van der Waals surface area contributed by atoms with E-state index in [0.717, 1.165) is 16.3 Å². The molecule has 2 aromatic heterocycles. The summed E-state index contributed by atoms with van der Waals surface area (Å²) in [6.45, 7) is 1.91. The third-order valence-electron chi connectivity index (χ3n) is 5.20. The molecule has 0 atom stereocenters. The molecule has 0 spiro atoms. The fraction of sp³-hybridized carbons (Fsp3) is 0.0417. The minimum Gasteiger partial charge on any atom is -0.423 e. The molecule has 0 fully saturated rings. The summed E-state index contributed by atoms with van der Waals surface area (Å²) in [5, 5.41) is 1.48. The Kier molecular flexibility index (Phi) is 4.11. The molecule has 0 N–H and O–H groups in total. The van der Waals surface area contributed by atoms with Crippen LogP contribution in [0.15, 0.2) is 99.2 Å². The summed E-state index contributed by atoms with van der Waals surface area (Å²) in [7, 11) is -3.82. The van der Waals surface area contributed by atoms with Crippen LogP contribution in [0.25, 0.3) is 33.0 Å². The van der Waals surface area contributed by atoms with Gasteiger partial charge in [0, 0.05) is 34.2 Å². The number of aryl methyl sites for hydroxylation is 1. The summed E-state index contributed by atoms with van der Waals surface area (Å²) in [6, 6.07) is 22.7. The maximum atomic E-state index is 13.4. The normalized spacial score (nSPS) is 11.9. The number of rotatable bonds is 3. The van der Waals surface area contributed by atoms with Gasteiger partial charge in [0.1, 0.15) is 5.58 Å². The van der Waals surface area contributed by atoms with E-state index in [1.807, 2.05) is 31.2 Å². The van der Waals surface area contributed by atoms with Crippen LogP contribution in [-0.4, -0.2) is 12.4 Å². The molecule has 0 aliphatic rings. The van der Waals surface area contributed by atoms with Crippen LogP contribution in [-0.2, 0) is 10.0 Å². The molecule has 30 heavy (non-hydrogen) atoms. The molecule has 0 unspecified atom stereocenters. The van der Waals surface area contributed by atoms with Gasteiger partial charge >= 0.3 is 5.63 Å². The third-order valence-corrected chi connectivity index (χ3v) is 6.88. The van der Waals surface area contributed by atoms with Crippen molar-refractivity contribution in [1.82, 2.24) is 3.97 Å². The van der Waals surface area contributed by atoms with Gasteiger partial charge in [-0.2, -0.15) is 0 Å². The summed E-state index contributed by atoms with van der Waals surface area (Å²) in [6.07, 6.45) is 1.58. The Balaban J connectivity index is 1.84. The number of nitrogens with zero attached hydrogens (tertiary/aromatic N) is 1. The van der Waals surface area contributed by atoms with Crippen molar-refractivity contribution in [2.24, 2.45) is 0 Å². The van der Waals surface area contributed by atoms with Crippen LogP contribution < -0.4 is 5.63 Å². The molecule has 3 aromatic carbocycles. The quantitative estimate of drug-likeness (QED) is 0.391. The molecule has 0 radical (unpaired) electrons. The Bertz CT molecular complexity index is 1580. The number of benzene rings is 3. The van der Waals surface area contributed by atoms with Crippen molar-refractivity contribution in [2.45, 2.75) is 11.8 Å². The highest BCUT2D eigenvalue weighted by Crippen LogP contribution is 2.36. The Morgan fingerprint density at radius 2 is 1.47 bits per heavy atom. The van der Waals surface area contributed by atoms with Crippen molar-refractivity contribution in [1.29, 1.82) is 0 Å². The zero-order chi connectivity index (χ0) is 20.9. The lowest BCUT2D eigenvalue weighted by molar-refractivity contribution is 0.561. The first kappa shape index (κ1) is 18.4. The predicted molar refractivity (Wildman–Crippen MR) is 117 cm³/mol. The summed E-state index contributed by atoms with van der Waals surface area (Å²) in [4.78, 5) is 12.4. The number of para-hydroxylation sites is 2. The molecule has 0 saturated carbocycles. The van der Waals surface area contributed by atoms with E-state index < -0.39 is 15.6 Å². The molecule has 0 bridgehead atoms. The van der Waals surface area contributed by atoms with Crippen molar-refractivity contribution in [3.63, 3.8) is 0 Å².